The molecule has 0 bridgehead atoms. The molecule has 1 aliphatic rings. The summed E-state index contributed by atoms with van der Waals surface area (Å²) in [4.78, 5) is 0. The van der Waals surface area contributed by atoms with Crippen LogP contribution in [0.3, 0.4) is 0 Å². The number of nitrogens with zero attached hydrogens (tertiary/aromatic N) is 1. The van der Waals surface area contributed by atoms with E-state index in [0.29, 0.717) is 6.04 Å². The third-order valence-corrected chi connectivity index (χ3v) is 4.86. The maximum Gasteiger partial charge on any atom is 0.115 e. The van der Waals surface area contributed by atoms with Gasteiger partial charge < -0.3 is 21.5 Å². The number of hydrogen-bond acceptors (Lipinski definition) is 0. The summed E-state index contributed by atoms with van der Waals surface area (Å²) >= 11 is 0. The first-order valence-electron chi connectivity index (χ1n) is 7.97. The summed E-state index contributed by atoms with van der Waals surface area (Å²) in [6, 6.07) is 16.3. The molecular weight excluding hydrogens is 334 g/mol. The molecule has 0 fully saturated rings. The van der Waals surface area contributed by atoms with E-state index in [0.717, 1.165) is 4.48 Å². The second-order valence-electron chi connectivity index (χ2n) is 7.21. The Kier molecular flexibility index (Phi) is 5.14. The fraction of sp³-hybridized carbons (Fsp3) is 0.400. The van der Waals surface area contributed by atoms with Gasteiger partial charge in [0, 0.05) is 12.0 Å². The Bertz CT molecular complexity index is 655. The van der Waals surface area contributed by atoms with Crippen LogP contribution in [0.1, 0.15) is 35.6 Å². The van der Waals surface area contributed by atoms with Gasteiger partial charge in [0.2, 0.25) is 0 Å². The molecule has 0 spiro atoms. The van der Waals surface area contributed by atoms with E-state index in [1.807, 2.05) is 0 Å². The first-order valence-corrected chi connectivity index (χ1v) is 7.97. The summed E-state index contributed by atoms with van der Waals surface area (Å²) in [7, 11) is 6.96. The summed E-state index contributed by atoms with van der Waals surface area (Å²) in [5.41, 5.74) is 7.38. The van der Waals surface area contributed by atoms with Crippen molar-refractivity contribution in [1.82, 2.24) is 0 Å². The zero-order chi connectivity index (χ0) is 15.0. The lowest BCUT2D eigenvalue weighted by Gasteiger charge is -2.37. The minimum Gasteiger partial charge on any atom is -1.00 e. The monoisotopic (exact) mass is 359 g/mol. The van der Waals surface area contributed by atoms with Crippen molar-refractivity contribution in [2.45, 2.75) is 32.2 Å². The molecule has 0 N–H and O–H groups in total. The molecule has 1 aliphatic carbocycles. The third kappa shape index (κ3) is 3.13. The molecule has 0 saturated heterocycles. The van der Waals surface area contributed by atoms with Crippen molar-refractivity contribution < 1.29 is 21.5 Å². The second-order valence-corrected chi connectivity index (χ2v) is 7.21. The van der Waals surface area contributed by atoms with Crippen LogP contribution < -0.4 is 17.0 Å². The van der Waals surface area contributed by atoms with Crippen LogP contribution in [0.15, 0.2) is 42.5 Å². The number of benzene rings is 2. The Labute approximate surface area is 145 Å². The van der Waals surface area contributed by atoms with E-state index in [4.69, 9.17) is 0 Å². The van der Waals surface area contributed by atoms with E-state index >= 15 is 0 Å². The summed E-state index contributed by atoms with van der Waals surface area (Å²) in [5.74, 6) is 0. The van der Waals surface area contributed by atoms with Crippen LogP contribution in [0.5, 0.6) is 0 Å². The van der Waals surface area contributed by atoms with Gasteiger partial charge in [0.05, 0.1) is 21.1 Å². The molecule has 1 unspecified atom stereocenters. The summed E-state index contributed by atoms with van der Waals surface area (Å²) < 4.78 is 0.998. The van der Waals surface area contributed by atoms with Gasteiger partial charge >= 0.3 is 0 Å². The maximum atomic E-state index is 2.33. The van der Waals surface area contributed by atoms with E-state index in [9.17, 15) is 0 Å². The molecule has 0 radical (unpaired) electrons. The molecule has 0 aromatic heterocycles. The quantitative estimate of drug-likeness (QED) is 0.680. The van der Waals surface area contributed by atoms with Gasteiger partial charge in [-0.3, -0.25) is 0 Å². The van der Waals surface area contributed by atoms with Gasteiger partial charge in [-0.15, -0.1) is 0 Å². The largest absolute Gasteiger partial charge is 1.00 e. The Hall–Kier alpha value is -1.12. The van der Waals surface area contributed by atoms with E-state index in [1.165, 1.54) is 41.5 Å². The fourth-order valence-corrected chi connectivity index (χ4v) is 3.75. The predicted molar refractivity (Wildman–Crippen MR) is 90.3 cm³/mol. The van der Waals surface area contributed by atoms with Crippen molar-refractivity contribution in [1.29, 1.82) is 0 Å². The number of quaternary nitrogens is 1. The van der Waals surface area contributed by atoms with Gasteiger partial charge in [0.1, 0.15) is 6.04 Å². The fourth-order valence-electron chi connectivity index (χ4n) is 3.75. The maximum absolute atomic E-state index is 2.33. The lowest BCUT2D eigenvalue weighted by molar-refractivity contribution is -0.902. The zero-order valence-electron chi connectivity index (χ0n) is 14.1. The van der Waals surface area contributed by atoms with Crippen molar-refractivity contribution in [3.05, 3.63) is 59.2 Å². The lowest BCUT2D eigenvalue weighted by atomic mass is 9.83. The van der Waals surface area contributed by atoms with Crippen molar-refractivity contribution in [2.24, 2.45) is 0 Å². The summed E-state index contributed by atoms with van der Waals surface area (Å²) in [6.07, 6.45) is 3.73. The normalized spacial score (nSPS) is 17.5. The lowest BCUT2D eigenvalue weighted by Crippen LogP contribution is -3.00. The molecule has 22 heavy (non-hydrogen) atoms. The van der Waals surface area contributed by atoms with Gasteiger partial charge in [-0.2, -0.15) is 0 Å². The summed E-state index contributed by atoms with van der Waals surface area (Å²) in [5, 5.41) is 0. The van der Waals surface area contributed by atoms with Crippen LogP contribution in [0.25, 0.3) is 11.1 Å². The molecule has 1 atom stereocenters. The SMILES string of the molecule is Cc1cccc2c1CCCC([N+](C)(C)C)c1ccccc1-2.[Br-]. The summed E-state index contributed by atoms with van der Waals surface area (Å²) in [6.45, 7) is 2.25. The molecule has 3 rings (SSSR count). The van der Waals surface area contributed by atoms with E-state index in [-0.39, 0.29) is 17.0 Å². The smallest absolute Gasteiger partial charge is 0.115 e. The number of fused-ring (bicyclic) bond motifs is 3. The molecule has 118 valence electrons. The van der Waals surface area contributed by atoms with Crippen molar-refractivity contribution in [2.75, 3.05) is 21.1 Å². The van der Waals surface area contributed by atoms with Gasteiger partial charge in [0.25, 0.3) is 0 Å². The van der Waals surface area contributed by atoms with Gasteiger partial charge in [-0.05, 0) is 42.0 Å². The minimum absolute atomic E-state index is 0. The van der Waals surface area contributed by atoms with Crippen molar-refractivity contribution in [3.8, 4) is 11.1 Å². The van der Waals surface area contributed by atoms with Crippen LogP contribution in [0, 0.1) is 6.92 Å². The Morgan fingerprint density at radius 1 is 0.909 bits per heavy atom. The van der Waals surface area contributed by atoms with Crippen molar-refractivity contribution in [3.63, 3.8) is 0 Å². The van der Waals surface area contributed by atoms with Crippen LogP contribution in [-0.2, 0) is 6.42 Å². The molecule has 0 aliphatic heterocycles. The van der Waals surface area contributed by atoms with Crippen LogP contribution in [0.2, 0.25) is 0 Å². The number of halogens is 1. The molecule has 2 heteroatoms. The number of aryl methyl sites for hydroxylation is 1. The topological polar surface area (TPSA) is 0 Å². The Morgan fingerprint density at radius 3 is 2.32 bits per heavy atom. The van der Waals surface area contributed by atoms with Gasteiger partial charge in [-0.25, -0.2) is 0 Å². The number of hydrogen-bond donors (Lipinski definition) is 0. The predicted octanol–water partition coefficient (Wildman–Crippen LogP) is 1.75. The third-order valence-electron chi connectivity index (χ3n) is 4.86. The highest BCUT2D eigenvalue weighted by molar-refractivity contribution is 5.72. The van der Waals surface area contributed by atoms with Crippen LogP contribution >= 0.6 is 0 Å². The highest BCUT2D eigenvalue weighted by atomic mass is 79.9. The van der Waals surface area contributed by atoms with E-state index in [1.54, 1.807) is 5.56 Å². The van der Waals surface area contributed by atoms with Gasteiger partial charge in [-0.1, -0.05) is 42.5 Å². The van der Waals surface area contributed by atoms with Gasteiger partial charge in [0.15, 0.2) is 0 Å². The Balaban J connectivity index is 0.00000176. The van der Waals surface area contributed by atoms with Crippen LogP contribution in [-0.4, -0.2) is 25.6 Å². The van der Waals surface area contributed by atoms with Crippen molar-refractivity contribution >= 4 is 0 Å². The average molecular weight is 360 g/mol. The first kappa shape index (κ1) is 17.2. The highest BCUT2D eigenvalue weighted by Gasteiger charge is 2.29. The molecule has 0 heterocycles. The van der Waals surface area contributed by atoms with E-state index < -0.39 is 0 Å². The molecule has 1 nitrogen and oxygen atoms in total. The standard InChI is InChI=1S/C20H26N.BrH/c1-15-9-7-13-17-16(15)12-8-14-20(21(2,3)4)19-11-6-5-10-18(17)19;/h5-7,9-11,13,20H,8,12,14H2,1-4H3;1H/q+1;/p-1. The second kappa shape index (κ2) is 6.55. The average Bonchev–Trinajstić information content (AvgIpc) is 2.41. The molecule has 0 amide bonds. The van der Waals surface area contributed by atoms with Crippen LogP contribution in [0.4, 0.5) is 0 Å². The minimum atomic E-state index is 0. The zero-order valence-corrected chi connectivity index (χ0v) is 15.7. The molecule has 0 saturated carbocycles. The number of rotatable bonds is 1. The first-order chi connectivity index (χ1) is 9.98. The highest BCUT2D eigenvalue weighted by Crippen LogP contribution is 2.40. The molecule has 2 aromatic rings. The molecule has 2 aromatic carbocycles. The molecular formula is C20H26BrN. The Morgan fingerprint density at radius 2 is 1.59 bits per heavy atom. The van der Waals surface area contributed by atoms with E-state index in [2.05, 4.69) is 70.5 Å².